The van der Waals surface area contributed by atoms with E-state index >= 15 is 0 Å². The molecule has 0 bridgehead atoms. The highest BCUT2D eigenvalue weighted by molar-refractivity contribution is 9.10. The summed E-state index contributed by atoms with van der Waals surface area (Å²) in [5.74, 6) is 1.53. The SMILES string of the molecule is CC(C)N(CC1CC1)c1nc[nH]c(=O)c1Br. The van der Waals surface area contributed by atoms with Crippen LogP contribution in [0.3, 0.4) is 0 Å². The fourth-order valence-corrected chi connectivity index (χ4v) is 2.14. The van der Waals surface area contributed by atoms with E-state index in [0.29, 0.717) is 10.5 Å². The van der Waals surface area contributed by atoms with Crippen LogP contribution >= 0.6 is 15.9 Å². The fraction of sp³-hybridized carbons (Fsp3) is 0.636. The summed E-state index contributed by atoms with van der Waals surface area (Å²) in [7, 11) is 0. The third-order valence-electron chi connectivity index (χ3n) is 2.83. The number of rotatable bonds is 4. The summed E-state index contributed by atoms with van der Waals surface area (Å²) in [6.07, 6.45) is 4.05. The number of halogens is 1. The Morgan fingerprint density at radius 2 is 2.31 bits per heavy atom. The van der Waals surface area contributed by atoms with Crippen LogP contribution in [0.4, 0.5) is 5.82 Å². The Kier molecular flexibility index (Phi) is 3.33. The fourth-order valence-electron chi connectivity index (χ4n) is 1.69. The molecule has 0 unspecified atom stereocenters. The summed E-state index contributed by atoms with van der Waals surface area (Å²) in [5.41, 5.74) is -0.119. The molecular weight excluding hydrogens is 270 g/mol. The van der Waals surface area contributed by atoms with Gasteiger partial charge < -0.3 is 9.88 Å². The number of anilines is 1. The van der Waals surface area contributed by atoms with Crippen molar-refractivity contribution in [3.05, 3.63) is 21.2 Å². The molecule has 1 fully saturated rings. The van der Waals surface area contributed by atoms with Crippen LogP contribution in [-0.4, -0.2) is 22.6 Å². The Balaban J connectivity index is 2.29. The molecule has 0 amide bonds. The van der Waals surface area contributed by atoms with Gasteiger partial charge in [0.25, 0.3) is 5.56 Å². The van der Waals surface area contributed by atoms with Crippen molar-refractivity contribution in [2.24, 2.45) is 5.92 Å². The predicted octanol–water partition coefficient (Wildman–Crippen LogP) is 2.16. The predicted molar refractivity (Wildman–Crippen MR) is 67.8 cm³/mol. The van der Waals surface area contributed by atoms with Gasteiger partial charge in [0.05, 0.1) is 6.33 Å². The lowest BCUT2D eigenvalue weighted by molar-refractivity contribution is 0.633. The maximum Gasteiger partial charge on any atom is 0.267 e. The highest BCUT2D eigenvalue weighted by atomic mass is 79.9. The van der Waals surface area contributed by atoms with Crippen molar-refractivity contribution >= 4 is 21.7 Å². The Labute approximate surface area is 103 Å². The van der Waals surface area contributed by atoms with Crippen LogP contribution in [0.25, 0.3) is 0 Å². The van der Waals surface area contributed by atoms with Crippen molar-refractivity contribution in [1.29, 1.82) is 0 Å². The third kappa shape index (κ3) is 2.45. The van der Waals surface area contributed by atoms with Gasteiger partial charge >= 0.3 is 0 Å². The molecule has 1 N–H and O–H groups in total. The van der Waals surface area contributed by atoms with Crippen LogP contribution in [0.1, 0.15) is 26.7 Å². The van der Waals surface area contributed by atoms with Gasteiger partial charge in [0.2, 0.25) is 0 Å². The van der Waals surface area contributed by atoms with Crippen molar-refractivity contribution in [2.45, 2.75) is 32.7 Å². The van der Waals surface area contributed by atoms with Gasteiger partial charge in [0.1, 0.15) is 4.47 Å². The molecule has 2 rings (SSSR count). The second-order valence-electron chi connectivity index (χ2n) is 4.56. The molecule has 0 spiro atoms. The third-order valence-corrected chi connectivity index (χ3v) is 3.54. The smallest absolute Gasteiger partial charge is 0.267 e. The molecule has 0 radical (unpaired) electrons. The number of hydrogen-bond donors (Lipinski definition) is 1. The highest BCUT2D eigenvalue weighted by Crippen LogP contribution is 2.32. The van der Waals surface area contributed by atoms with E-state index in [1.54, 1.807) is 0 Å². The van der Waals surface area contributed by atoms with Gasteiger partial charge in [-0.15, -0.1) is 0 Å². The summed E-state index contributed by atoms with van der Waals surface area (Å²) >= 11 is 3.31. The Morgan fingerprint density at radius 1 is 1.62 bits per heavy atom. The van der Waals surface area contributed by atoms with E-state index in [2.05, 4.69) is 44.6 Å². The van der Waals surface area contributed by atoms with E-state index in [1.807, 2.05) is 0 Å². The van der Waals surface area contributed by atoms with Crippen molar-refractivity contribution in [3.8, 4) is 0 Å². The van der Waals surface area contributed by atoms with Crippen LogP contribution in [0, 0.1) is 5.92 Å². The molecule has 4 nitrogen and oxygen atoms in total. The second-order valence-corrected chi connectivity index (χ2v) is 5.35. The summed E-state index contributed by atoms with van der Waals surface area (Å²) in [6.45, 7) is 5.24. The summed E-state index contributed by atoms with van der Waals surface area (Å²) in [5, 5.41) is 0. The number of hydrogen-bond acceptors (Lipinski definition) is 3. The monoisotopic (exact) mass is 285 g/mol. The Bertz CT molecular complexity index is 425. The van der Waals surface area contributed by atoms with Crippen molar-refractivity contribution in [2.75, 3.05) is 11.4 Å². The van der Waals surface area contributed by atoms with Crippen LogP contribution in [0.2, 0.25) is 0 Å². The number of H-pyrrole nitrogens is 1. The molecule has 0 saturated heterocycles. The van der Waals surface area contributed by atoms with Gasteiger partial charge in [-0.1, -0.05) is 0 Å². The van der Waals surface area contributed by atoms with E-state index in [9.17, 15) is 4.79 Å². The standard InChI is InChI=1S/C11H16BrN3O/c1-7(2)15(5-8-3-4-8)10-9(12)11(16)14-6-13-10/h6-8H,3-5H2,1-2H3,(H,13,14,16). The molecule has 16 heavy (non-hydrogen) atoms. The van der Waals surface area contributed by atoms with Crippen LogP contribution in [-0.2, 0) is 0 Å². The molecule has 0 aromatic carbocycles. The normalized spacial score (nSPS) is 15.5. The van der Waals surface area contributed by atoms with Gasteiger partial charge in [0, 0.05) is 12.6 Å². The molecular formula is C11H16BrN3O. The van der Waals surface area contributed by atoms with Gasteiger partial charge in [0.15, 0.2) is 5.82 Å². The largest absolute Gasteiger partial charge is 0.353 e. The second kappa shape index (κ2) is 4.57. The molecule has 0 aliphatic heterocycles. The minimum Gasteiger partial charge on any atom is -0.353 e. The molecule has 1 aliphatic rings. The maximum absolute atomic E-state index is 11.5. The molecule has 1 aliphatic carbocycles. The average Bonchev–Trinajstić information content (AvgIpc) is 3.03. The lowest BCUT2D eigenvalue weighted by Gasteiger charge is -2.28. The summed E-state index contributed by atoms with van der Waals surface area (Å²) < 4.78 is 0.532. The van der Waals surface area contributed by atoms with Gasteiger partial charge in [-0.25, -0.2) is 4.98 Å². The molecule has 1 saturated carbocycles. The Morgan fingerprint density at radius 3 is 2.88 bits per heavy atom. The number of nitrogens with zero attached hydrogens (tertiary/aromatic N) is 2. The lowest BCUT2D eigenvalue weighted by atomic mass is 10.2. The quantitative estimate of drug-likeness (QED) is 0.922. The van der Waals surface area contributed by atoms with E-state index in [0.717, 1.165) is 18.3 Å². The number of aromatic amines is 1. The lowest BCUT2D eigenvalue weighted by Crippen LogP contribution is -2.35. The zero-order chi connectivity index (χ0) is 11.7. The molecule has 88 valence electrons. The topological polar surface area (TPSA) is 49.0 Å². The first kappa shape index (κ1) is 11.6. The molecule has 0 atom stereocenters. The minimum atomic E-state index is -0.119. The van der Waals surface area contributed by atoms with Gasteiger partial charge in [-0.3, -0.25) is 4.79 Å². The summed E-state index contributed by atoms with van der Waals surface area (Å²) in [6, 6.07) is 0.353. The van der Waals surface area contributed by atoms with E-state index in [-0.39, 0.29) is 5.56 Å². The maximum atomic E-state index is 11.5. The first-order valence-electron chi connectivity index (χ1n) is 5.59. The summed E-state index contributed by atoms with van der Waals surface area (Å²) in [4.78, 5) is 20.5. The highest BCUT2D eigenvalue weighted by Gasteiger charge is 2.27. The molecule has 1 aromatic heterocycles. The van der Waals surface area contributed by atoms with E-state index < -0.39 is 0 Å². The van der Waals surface area contributed by atoms with Crippen LogP contribution in [0.15, 0.2) is 15.6 Å². The number of nitrogens with one attached hydrogen (secondary N) is 1. The van der Waals surface area contributed by atoms with E-state index in [1.165, 1.54) is 19.2 Å². The zero-order valence-electron chi connectivity index (χ0n) is 9.53. The van der Waals surface area contributed by atoms with Gasteiger partial charge in [-0.2, -0.15) is 0 Å². The van der Waals surface area contributed by atoms with Gasteiger partial charge in [-0.05, 0) is 48.5 Å². The molecule has 1 aromatic rings. The number of aromatic nitrogens is 2. The van der Waals surface area contributed by atoms with Crippen molar-refractivity contribution in [1.82, 2.24) is 9.97 Å². The van der Waals surface area contributed by atoms with Crippen molar-refractivity contribution in [3.63, 3.8) is 0 Å². The first-order chi connectivity index (χ1) is 7.59. The van der Waals surface area contributed by atoms with Crippen LogP contribution in [0.5, 0.6) is 0 Å². The van der Waals surface area contributed by atoms with Crippen LogP contribution < -0.4 is 10.5 Å². The van der Waals surface area contributed by atoms with Crippen molar-refractivity contribution < 1.29 is 0 Å². The zero-order valence-corrected chi connectivity index (χ0v) is 11.1. The Hall–Kier alpha value is -0.840. The molecule has 1 heterocycles. The average molecular weight is 286 g/mol. The first-order valence-corrected chi connectivity index (χ1v) is 6.38. The minimum absolute atomic E-state index is 0.119. The van der Waals surface area contributed by atoms with E-state index in [4.69, 9.17) is 0 Å². The molecule has 5 heteroatoms.